The highest BCUT2D eigenvalue weighted by atomic mass is 32.1. The lowest BCUT2D eigenvalue weighted by molar-refractivity contribution is -0.122. The number of nitrogens with zero attached hydrogens (tertiary/aromatic N) is 2. The molecule has 30 heavy (non-hydrogen) atoms. The first-order valence-corrected chi connectivity index (χ1v) is 10.5. The molecular weight excluding hydrogens is 396 g/mol. The van der Waals surface area contributed by atoms with E-state index in [1.807, 2.05) is 54.0 Å². The highest BCUT2D eigenvalue weighted by Crippen LogP contribution is 2.24. The van der Waals surface area contributed by atoms with E-state index in [0.717, 1.165) is 28.3 Å². The maximum atomic E-state index is 12.7. The van der Waals surface area contributed by atoms with Crippen LogP contribution in [0.5, 0.6) is 5.75 Å². The van der Waals surface area contributed by atoms with E-state index in [0.29, 0.717) is 17.7 Å². The molecule has 0 radical (unpaired) electrons. The van der Waals surface area contributed by atoms with Gasteiger partial charge < -0.3 is 10.1 Å². The molecule has 1 amide bonds. The van der Waals surface area contributed by atoms with E-state index < -0.39 is 0 Å². The molecule has 7 heteroatoms. The number of hydrogen-bond donors (Lipinski definition) is 2. The van der Waals surface area contributed by atoms with Crippen LogP contribution in [-0.2, 0) is 11.3 Å². The van der Waals surface area contributed by atoms with Crippen molar-refractivity contribution in [3.63, 3.8) is 0 Å². The molecule has 0 spiro atoms. The van der Waals surface area contributed by atoms with E-state index in [4.69, 9.17) is 17.0 Å². The Labute approximate surface area is 182 Å². The molecule has 1 unspecified atom stereocenters. The molecule has 0 bridgehead atoms. The van der Waals surface area contributed by atoms with Crippen LogP contribution in [0.25, 0.3) is 11.4 Å². The summed E-state index contributed by atoms with van der Waals surface area (Å²) in [5.41, 5.74) is 3.17. The van der Waals surface area contributed by atoms with Crippen LogP contribution in [-0.4, -0.2) is 27.8 Å². The standard InChI is InChI=1S/C23H28N4O2S/c1-15(2)21(17-8-10-19(29-4)11-9-17)24-20(28)12-13-27-22(25-26-23(27)30)18-7-5-6-16(3)14-18/h5-11,14-15,21H,12-13H2,1-4H3,(H,24,28)(H,26,30). The Balaban J connectivity index is 1.70. The third-order valence-corrected chi connectivity index (χ3v) is 5.37. The SMILES string of the molecule is COc1ccc(C(NC(=O)CCn2c(-c3cccc(C)c3)n[nH]c2=S)C(C)C)cc1. The molecule has 2 N–H and O–H groups in total. The van der Waals surface area contributed by atoms with Gasteiger partial charge in [-0.05, 0) is 48.8 Å². The third-order valence-electron chi connectivity index (χ3n) is 5.06. The number of ether oxygens (including phenoxy) is 1. The topological polar surface area (TPSA) is 71.9 Å². The Bertz CT molecular complexity index is 1050. The van der Waals surface area contributed by atoms with Gasteiger partial charge in [-0.15, -0.1) is 0 Å². The Hall–Kier alpha value is -2.93. The zero-order valence-electron chi connectivity index (χ0n) is 17.8. The maximum Gasteiger partial charge on any atom is 0.222 e. The van der Waals surface area contributed by atoms with E-state index >= 15 is 0 Å². The number of hydrogen-bond acceptors (Lipinski definition) is 4. The summed E-state index contributed by atoms with van der Waals surface area (Å²) in [4.78, 5) is 12.7. The fourth-order valence-electron chi connectivity index (χ4n) is 3.43. The maximum absolute atomic E-state index is 12.7. The Kier molecular flexibility index (Phi) is 7.05. The van der Waals surface area contributed by atoms with Crippen LogP contribution in [0, 0.1) is 17.6 Å². The summed E-state index contributed by atoms with van der Waals surface area (Å²) >= 11 is 5.39. The van der Waals surface area contributed by atoms with Gasteiger partial charge >= 0.3 is 0 Å². The van der Waals surface area contributed by atoms with Crippen molar-refractivity contribution in [2.24, 2.45) is 5.92 Å². The van der Waals surface area contributed by atoms with Gasteiger partial charge in [-0.1, -0.05) is 49.7 Å². The van der Waals surface area contributed by atoms with Crippen molar-refractivity contribution in [1.82, 2.24) is 20.1 Å². The molecule has 2 aromatic carbocycles. The summed E-state index contributed by atoms with van der Waals surface area (Å²) in [6.07, 6.45) is 0.312. The van der Waals surface area contributed by atoms with Crippen molar-refractivity contribution in [2.45, 2.75) is 39.8 Å². The molecule has 0 aliphatic carbocycles. The molecule has 0 saturated carbocycles. The van der Waals surface area contributed by atoms with Crippen LogP contribution in [0.1, 0.15) is 37.4 Å². The number of amides is 1. The second-order valence-corrected chi connectivity index (χ2v) is 8.07. The zero-order valence-corrected chi connectivity index (χ0v) is 18.6. The summed E-state index contributed by atoms with van der Waals surface area (Å²) in [5.74, 6) is 1.77. The first-order chi connectivity index (χ1) is 14.4. The first-order valence-electron chi connectivity index (χ1n) is 10.0. The molecule has 1 aromatic heterocycles. The number of carbonyl (C=O) groups is 1. The van der Waals surface area contributed by atoms with Gasteiger partial charge in [0.25, 0.3) is 0 Å². The van der Waals surface area contributed by atoms with Gasteiger partial charge in [-0.3, -0.25) is 14.5 Å². The average Bonchev–Trinajstić information content (AvgIpc) is 3.11. The average molecular weight is 425 g/mol. The van der Waals surface area contributed by atoms with Crippen LogP contribution in [0.15, 0.2) is 48.5 Å². The quantitative estimate of drug-likeness (QED) is 0.508. The minimum atomic E-state index is -0.0722. The van der Waals surface area contributed by atoms with Crippen LogP contribution in [0.2, 0.25) is 0 Å². The van der Waals surface area contributed by atoms with Crippen LogP contribution in [0.3, 0.4) is 0 Å². The van der Waals surface area contributed by atoms with Crippen molar-refractivity contribution in [3.05, 3.63) is 64.4 Å². The highest BCUT2D eigenvalue weighted by Gasteiger charge is 2.19. The van der Waals surface area contributed by atoms with Gasteiger partial charge in [-0.25, -0.2) is 0 Å². The molecular formula is C23H28N4O2S. The molecule has 1 heterocycles. The number of carbonyl (C=O) groups excluding carboxylic acids is 1. The third kappa shape index (κ3) is 5.16. The summed E-state index contributed by atoms with van der Waals surface area (Å²) in [7, 11) is 1.64. The van der Waals surface area contributed by atoms with E-state index in [1.54, 1.807) is 7.11 Å². The number of aryl methyl sites for hydroxylation is 1. The minimum Gasteiger partial charge on any atom is -0.497 e. The number of rotatable bonds is 8. The number of aromatic amines is 1. The molecule has 1 atom stereocenters. The predicted octanol–water partition coefficient (Wildman–Crippen LogP) is 4.83. The zero-order chi connectivity index (χ0) is 21.7. The molecule has 0 aliphatic heterocycles. The highest BCUT2D eigenvalue weighted by molar-refractivity contribution is 7.71. The summed E-state index contributed by atoms with van der Waals surface area (Å²) in [6.45, 7) is 6.68. The molecule has 6 nitrogen and oxygen atoms in total. The van der Waals surface area contributed by atoms with E-state index in [-0.39, 0.29) is 17.9 Å². The van der Waals surface area contributed by atoms with Crippen molar-refractivity contribution >= 4 is 18.1 Å². The van der Waals surface area contributed by atoms with Gasteiger partial charge in [0.05, 0.1) is 13.2 Å². The van der Waals surface area contributed by atoms with Gasteiger partial charge in [-0.2, -0.15) is 5.10 Å². The molecule has 0 fully saturated rings. The van der Waals surface area contributed by atoms with Gasteiger partial charge in [0.1, 0.15) is 5.75 Å². The van der Waals surface area contributed by atoms with Crippen molar-refractivity contribution in [3.8, 4) is 17.1 Å². The number of methoxy groups -OCH3 is 1. The lowest BCUT2D eigenvalue weighted by Gasteiger charge is -2.23. The molecule has 3 rings (SSSR count). The van der Waals surface area contributed by atoms with Crippen molar-refractivity contribution in [1.29, 1.82) is 0 Å². The van der Waals surface area contributed by atoms with Crippen LogP contribution >= 0.6 is 12.2 Å². The van der Waals surface area contributed by atoms with Gasteiger partial charge in [0, 0.05) is 18.5 Å². The molecule has 3 aromatic rings. The Morgan fingerprint density at radius 3 is 2.60 bits per heavy atom. The summed E-state index contributed by atoms with van der Waals surface area (Å²) in [5, 5.41) is 10.4. The second kappa shape index (κ2) is 9.71. The van der Waals surface area contributed by atoms with E-state index in [9.17, 15) is 4.79 Å². The first kappa shape index (κ1) is 21.8. The van der Waals surface area contributed by atoms with Gasteiger partial charge in [0.15, 0.2) is 10.6 Å². The van der Waals surface area contributed by atoms with Gasteiger partial charge in [0.2, 0.25) is 5.91 Å². The predicted molar refractivity (Wildman–Crippen MR) is 121 cm³/mol. The monoisotopic (exact) mass is 424 g/mol. The lowest BCUT2D eigenvalue weighted by atomic mass is 9.96. The molecule has 158 valence electrons. The summed E-state index contributed by atoms with van der Waals surface area (Å²) < 4.78 is 7.61. The minimum absolute atomic E-state index is 0.0252. The smallest absolute Gasteiger partial charge is 0.222 e. The lowest BCUT2D eigenvalue weighted by Crippen LogP contribution is -2.32. The number of nitrogens with one attached hydrogen (secondary N) is 2. The largest absolute Gasteiger partial charge is 0.497 e. The van der Waals surface area contributed by atoms with Crippen molar-refractivity contribution < 1.29 is 9.53 Å². The number of benzene rings is 2. The second-order valence-electron chi connectivity index (χ2n) is 7.69. The molecule has 0 aliphatic rings. The van der Waals surface area contributed by atoms with E-state index in [2.05, 4.69) is 35.4 Å². The normalized spacial score (nSPS) is 12.0. The van der Waals surface area contributed by atoms with E-state index in [1.165, 1.54) is 0 Å². The van der Waals surface area contributed by atoms with Crippen LogP contribution in [0.4, 0.5) is 0 Å². The molecule has 0 saturated heterocycles. The van der Waals surface area contributed by atoms with Crippen molar-refractivity contribution in [2.75, 3.05) is 7.11 Å². The summed E-state index contributed by atoms with van der Waals surface area (Å²) in [6, 6.07) is 15.8. The van der Waals surface area contributed by atoms with Crippen LogP contribution < -0.4 is 10.1 Å². The fraction of sp³-hybridized carbons (Fsp3) is 0.348. The Morgan fingerprint density at radius 2 is 1.97 bits per heavy atom. The Morgan fingerprint density at radius 1 is 1.23 bits per heavy atom. The number of aromatic nitrogens is 3. The number of H-pyrrole nitrogens is 1. The fourth-order valence-corrected chi connectivity index (χ4v) is 3.66.